The number of carbonyl (C=O) groups is 1. The Balaban J connectivity index is 2.47. The number of fused-ring (bicyclic) bond motifs is 1. The summed E-state index contributed by atoms with van der Waals surface area (Å²) in [5.74, 6) is 0.581. The molecule has 0 unspecified atom stereocenters. The molecule has 2 aromatic rings. The summed E-state index contributed by atoms with van der Waals surface area (Å²) in [6, 6.07) is 4.71. The highest BCUT2D eigenvalue weighted by atomic mass is 79.9. The van der Waals surface area contributed by atoms with Gasteiger partial charge in [-0.15, -0.1) is 0 Å². The van der Waals surface area contributed by atoms with Crippen molar-refractivity contribution in [3.8, 4) is 5.75 Å². The van der Waals surface area contributed by atoms with Crippen molar-refractivity contribution in [1.82, 2.24) is 5.32 Å². The van der Waals surface area contributed by atoms with E-state index in [2.05, 4.69) is 21.2 Å². The molecule has 0 saturated heterocycles. The van der Waals surface area contributed by atoms with Gasteiger partial charge in [0, 0.05) is 30.1 Å². The average Bonchev–Trinajstić information content (AvgIpc) is 2.46. The molecule has 1 aromatic heterocycles. The van der Waals surface area contributed by atoms with Gasteiger partial charge in [-0.2, -0.15) is 0 Å². The molecule has 0 fully saturated rings. The van der Waals surface area contributed by atoms with Gasteiger partial charge in [-0.3, -0.25) is 0 Å². The number of ether oxygens (including phenoxy) is 2. The zero-order chi connectivity index (χ0) is 15.4. The van der Waals surface area contributed by atoms with E-state index in [9.17, 15) is 9.59 Å². The third-order valence-electron chi connectivity index (χ3n) is 2.75. The lowest BCUT2D eigenvalue weighted by Crippen LogP contribution is -2.19. The van der Waals surface area contributed by atoms with E-state index < -0.39 is 11.7 Å². The van der Waals surface area contributed by atoms with Gasteiger partial charge < -0.3 is 19.2 Å². The molecule has 1 aromatic carbocycles. The van der Waals surface area contributed by atoms with E-state index in [1.165, 1.54) is 13.1 Å². The van der Waals surface area contributed by atoms with Crippen molar-refractivity contribution in [3.05, 3.63) is 38.7 Å². The van der Waals surface area contributed by atoms with Crippen LogP contribution in [-0.2, 0) is 11.3 Å². The fourth-order valence-corrected chi connectivity index (χ4v) is 2.29. The Hall–Kier alpha value is -2.02. The number of nitrogens with one attached hydrogen (secondary N) is 1. The van der Waals surface area contributed by atoms with Crippen LogP contribution in [-0.4, -0.2) is 19.7 Å². The minimum atomic E-state index is -0.568. The summed E-state index contributed by atoms with van der Waals surface area (Å²) in [4.78, 5) is 22.7. The van der Waals surface area contributed by atoms with Gasteiger partial charge in [0.25, 0.3) is 0 Å². The second kappa shape index (κ2) is 6.62. The smallest absolute Gasteiger partial charge is 0.407 e. The molecule has 21 heavy (non-hydrogen) atoms. The molecule has 0 bridgehead atoms. The Kier molecular flexibility index (Phi) is 4.85. The lowest BCUT2D eigenvalue weighted by Gasteiger charge is -2.10. The number of amides is 1. The zero-order valence-electron chi connectivity index (χ0n) is 11.6. The molecule has 0 aliphatic rings. The molecule has 1 heterocycles. The van der Waals surface area contributed by atoms with Crippen molar-refractivity contribution >= 4 is 33.0 Å². The van der Waals surface area contributed by atoms with Crippen molar-refractivity contribution in [2.45, 2.75) is 13.5 Å². The summed E-state index contributed by atoms with van der Waals surface area (Å²) in [6.07, 6.45) is -0.568. The first-order valence-electron chi connectivity index (χ1n) is 6.28. The monoisotopic (exact) mass is 355 g/mol. The predicted octanol–water partition coefficient (Wildman–Crippen LogP) is 2.81. The number of rotatable bonds is 4. The largest absolute Gasteiger partial charge is 0.493 e. The lowest BCUT2D eigenvalue weighted by molar-refractivity contribution is 0.142. The molecule has 0 atom stereocenters. The number of hydrogen-bond acceptors (Lipinski definition) is 5. The van der Waals surface area contributed by atoms with E-state index in [1.807, 2.05) is 6.92 Å². The molecular formula is C14H14BrNO5. The van der Waals surface area contributed by atoms with Gasteiger partial charge in [0.2, 0.25) is 0 Å². The summed E-state index contributed by atoms with van der Waals surface area (Å²) < 4.78 is 16.3. The highest BCUT2D eigenvalue weighted by Gasteiger charge is 2.12. The third kappa shape index (κ3) is 3.55. The Labute approximate surface area is 129 Å². The standard InChI is InChI=1S/C14H14BrNO5/c1-3-19-12-6-11-9(5-10(12)15)8(4-13(17)21-11)7-20-14(18)16-2/h4-6H,3,7H2,1-2H3,(H,16,18). The molecule has 1 amide bonds. The number of benzene rings is 1. The van der Waals surface area contributed by atoms with Crippen LogP contribution in [0.15, 0.2) is 31.9 Å². The fraction of sp³-hybridized carbons (Fsp3) is 0.286. The zero-order valence-corrected chi connectivity index (χ0v) is 13.2. The summed E-state index contributed by atoms with van der Waals surface area (Å²) in [7, 11) is 1.46. The van der Waals surface area contributed by atoms with Crippen LogP contribution in [0, 0.1) is 0 Å². The predicted molar refractivity (Wildman–Crippen MR) is 80.6 cm³/mol. The lowest BCUT2D eigenvalue weighted by atomic mass is 10.1. The van der Waals surface area contributed by atoms with E-state index in [4.69, 9.17) is 13.9 Å². The Morgan fingerprint density at radius 3 is 2.81 bits per heavy atom. The SMILES string of the molecule is CCOc1cc2oc(=O)cc(COC(=O)NC)c2cc1Br. The van der Waals surface area contributed by atoms with Crippen LogP contribution in [0.4, 0.5) is 4.79 Å². The number of carbonyl (C=O) groups excluding carboxylic acids is 1. The topological polar surface area (TPSA) is 77.8 Å². The molecule has 112 valence electrons. The summed E-state index contributed by atoms with van der Waals surface area (Å²) in [5.41, 5.74) is 0.432. The van der Waals surface area contributed by atoms with Crippen molar-refractivity contribution in [2.24, 2.45) is 0 Å². The van der Waals surface area contributed by atoms with Crippen molar-refractivity contribution in [3.63, 3.8) is 0 Å². The highest BCUT2D eigenvalue weighted by Crippen LogP contribution is 2.31. The van der Waals surface area contributed by atoms with E-state index in [-0.39, 0.29) is 6.61 Å². The Morgan fingerprint density at radius 2 is 2.14 bits per heavy atom. The molecule has 6 nitrogen and oxygen atoms in total. The first-order valence-corrected chi connectivity index (χ1v) is 7.08. The minimum Gasteiger partial charge on any atom is -0.493 e. The minimum absolute atomic E-state index is 0.0256. The maximum absolute atomic E-state index is 11.6. The van der Waals surface area contributed by atoms with Crippen LogP contribution in [0.5, 0.6) is 5.75 Å². The van der Waals surface area contributed by atoms with Gasteiger partial charge in [0.1, 0.15) is 17.9 Å². The Bertz CT molecular complexity index is 725. The van der Waals surface area contributed by atoms with E-state index in [1.54, 1.807) is 12.1 Å². The molecular weight excluding hydrogens is 342 g/mol. The number of hydrogen-bond donors (Lipinski definition) is 1. The van der Waals surface area contributed by atoms with E-state index in [0.717, 1.165) is 4.47 Å². The second-order valence-corrected chi connectivity index (χ2v) is 4.98. The number of halogens is 1. The quantitative estimate of drug-likeness (QED) is 0.853. The summed E-state index contributed by atoms with van der Waals surface area (Å²) in [6.45, 7) is 2.33. The fourth-order valence-electron chi connectivity index (χ4n) is 1.83. The highest BCUT2D eigenvalue weighted by molar-refractivity contribution is 9.10. The van der Waals surface area contributed by atoms with Crippen molar-refractivity contribution in [1.29, 1.82) is 0 Å². The van der Waals surface area contributed by atoms with Crippen LogP contribution in [0.2, 0.25) is 0 Å². The first kappa shape index (κ1) is 15.4. The molecule has 0 spiro atoms. The van der Waals surface area contributed by atoms with Gasteiger partial charge in [0.05, 0.1) is 11.1 Å². The molecule has 0 radical (unpaired) electrons. The molecule has 0 aliphatic heterocycles. The van der Waals surface area contributed by atoms with Gasteiger partial charge in [-0.1, -0.05) is 0 Å². The number of alkyl carbamates (subject to hydrolysis) is 1. The van der Waals surface area contributed by atoms with Crippen LogP contribution < -0.4 is 15.7 Å². The molecule has 7 heteroatoms. The van der Waals surface area contributed by atoms with Crippen LogP contribution in [0.3, 0.4) is 0 Å². The Morgan fingerprint density at radius 1 is 1.38 bits per heavy atom. The summed E-state index contributed by atoms with van der Waals surface area (Å²) in [5, 5.41) is 3.02. The van der Waals surface area contributed by atoms with Crippen molar-refractivity contribution < 1.29 is 18.7 Å². The molecule has 0 saturated carbocycles. The van der Waals surface area contributed by atoms with Crippen LogP contribution in [0.25, 0.3) is 11.0 Å². The molecule has 0 aliphatic carbocycles. The van der Waals surface area contributed by atoms with Gasteiger partial charge in [-0.25, -0.2) is 9.59 Å². The second-order valence-electron chi connectivity index (χ2n) is 4.13. The van der Waals surface area contributed by atoms with Crippen LogP contribution in [0.1, 0.15) is 12.5 Å². The molecule has 1 N–H and O–H groups in total. The maximum atomic E-state index is 11.6. The maximum Gasteiger partial charge on any atom is 0.407 e. The van der Waals surface area contributed by atoms with E-state index in [0.29, 0.717) is 28.9 Å². The van der Waals surface area contributed by atoms with Crippen molar-refractivity contribution in [2.75, 3.05) is 13.7 Å². The van der Waals surface area contributed by atoms with Crippen LogP contribution >= 0.6 is 15.9 Å². The van der Waals surface area contributed by atoms with Gasteiger partial charge in [-0.05, 0) is 28.9 Å². The first-order chi connectivity index (χ1) is 10.0. The van der Waals surface area contributed by atoms with E-state index >= 15 is 0 Å². The average molecular weight is 356 g/mol. The third-order valence-corrected chi connectivity index (χ3v) is 3.37. The molecule has 2 rings (SSSR count). The van der Waals surface area contributed by atoms with Gasteiger partial charge >= 0.3 is 11.7 Å². The summed E-state index contributed by atoms with van der Waals surface area (Å²) >= 11 is 3.40. The van der Waals surface area contributed by atoms with Gasteiger partial charge in [0.15, 0.2) is 0 Å². The normalized spacial score (nSPS) is 10.4.